The predicted octanol–water partition coefficient (Wildman–Crippen LogP) is 0.784. The highest BCUT2D eigenvalue weighted by Gasteiger charge is 2.18. The largest absolute Gasteiger partial charge is 0.492 e. The number of carbonyl (C=O) groups excluding carboxylic acids is 1. The quantitative estimate of drug-likeness (QED) is 0.775. The minimum Gasteiger partial charge on any atom is -0.492 e. The molecule has 0 fully saturated rings. The molecule has 0 aliphatic carbocycles. The SMILES string of the molecule is CN(C)CC(=O)c1c(O)nc2ccccn12. The molecule has 0 aliphatic heterocycles. The van der Waals surface area contributed by atoms with Crippen molar-refractivity contribution in [1.29, 1.82) is 0 Å². The Kier molecular flexibility index (Phi) is 2.62. The second-order valence-corrected chi connectivity index (χ2v) is 3.87. The first kappa shape index (κ1) is 10.6. The standard InChI is InChI=1S/C11H13N3O2/c1-13(2)7-8(15)10-11(16)12-9-5-3-4-6-14(9)10/h3-6,16H,7H2,1-2H3. The molecule has 16 heavy (non-hydrogen) atoms. The number of carbonyl (C=O) groups is 1. The number of fused-ring (bicyclic) bond motifs is 1. The number of rotatable bonds is 3. The minimum absolute atomic E-state index is 0.152. The number of aromatic nitrogens is 2. The Balaban J connectivity index is 2.51. The van der Waals surface area contributed by atoms with Gasteiger partial charge in [0, 0.05) is 6.20 Å². The summed E-state index contributed by atoms with van der Waals surface area (Å²) in [5, 5.41) is 9.65. The van der Waals surface area contributed by atoms with Crippen LogP contribution in [0.5, 0.6) is 5.88 Å². The van der Waals surface area contributed by atoms with E-state index >= 15 is 0 Å². The second kappa shape index (κ2) is 3.94. The molecule has 0 aromatic carbocycles. The lowest BCUT2D eigenvalue weighted by molar-refractivity contribution is 0.0949. The van der Waals surface area contributed by atoms with Gasteiger partial charge in [-0.25, -0.2) is 0 Å². The van der Waals surface area contributed by atoms with E-state index in [1.807, 2.05) is 6.07 Å². The van der Waals surface area contributed by atoms with E-state index < -0.39 is 0 Å². The molecule has 0 saturated carbocycles. The van der Waals surface area contributed by atoms with E-state index in [2.05, 4.69) is 4.98 Å². The lowest BCUT2D eigenvalue weighted by Gasteiger charge is -2.07. The van der Waals surface area contributed by atoms with E-state index in [1.54, 1.807) is 41.7 Å². The number of imidazole rings is 1. The van der Waals surface area contributed by atoms with Crippen LogP contribution in [0.15, 0.2) is 24.4 Å². The molecule has 0 unspecified atom stereocenters. The van der Waals surface area contributed by atoms with Gasteiger partial charge in [0.1, 0.15) is 5.65 Å². The van der Waals surface area contributed by atoms with E-state index in [4.69, 9.17) is 0 Å². The molecule has 0 saturated heterocycles. The van der Waals surface area contributed by atoms with Crippen molar-refractivity contribution >= 4 is 11.4 Å². The number of likely N-dealkylation sites (N-methyl/N-ethyl adjacent to an activating group) is 1. The number of ketones is 1. The highest BCUT2D eigenvalue weighted by molar-refractivity contribution is 5.98. The van der Waals surface area contributed by atoms with Crippen molar-refractivity contribution in [2.24, 2.45) is 0 Å². The van der Waals surface area contributed by atoms with E-state index in [0.29, 0.717) is 5.65 Å². The van der Waals surface area contributed by atoms with Crippen LogP contribution in [0, 0.1) is 0 Å². The molecule has 0 atom stereocenters. The number of pyridine rings is 1. The predicted molar refractivity (Wildman–Crippen MR) is 59.7 cm³/mol. The summed E-state index contributed by atoms with van der Waals surface area (Å²) in [5.74, 6) is -0.362. The van der Waals surface area contributed by atoms with Crippen LogP contribution in [-0.2, 0) is 0 Å². The number of aromatic hydroxyl groups is 1. The summed E-state index contributed by atoms with van der Waals surface area (Å²) in [6, 6.07) is 5.34. The Bertz CT molecular complexity index is 531. The first-order chi connectivity index (χ1) is 7.59. The molecule has 5 heteroatoms. The molecule has 0 amide bonds. The van der Waals surface area contributed by atoms with E-state index in [0.717, 1.165) is 0 Å². The molecule has 0 aliphatic rings. The molecule has 2 rings (SSSR count). The smallest absolute Gasteiger partial charge is 0.241 e. The molecule has 84 valence electrons. The second-order valence-electron chi connectivity index (χ2n) is 3.87. The Morgan fingerprint density at radius 1 is 1.50 bits per heavy atom. The third-order valence-electron chi connectivity index (χ3n) is 2.24. The molecule has 0 bridgehead atoms. The van der Waals surface area contributed by atoms with Gasteiger partial charge in [-0.3, -0.25) is 9.20 Å². The zero-order valence-electron chi connectivity index (χ0n) is 9.21. The van der Waals surface area contributed by atoms with Gasteiger partial charge in [0.05, 0.1) is 6.54 Å². The van der Waals surface area contributed by atoms with Gasteiger partial charge in [-0.1, -0.05) is 6.07 Å². The first-order valence-corrected chi connectivity index (χ1v) is 4.93. The van der Waals surface area contributed by atoms with Crippen molar-refractivity contribution < 1.29 is 9.90 Å². The van der Waals surface area contributed by atoms with Crippen molar-refractivity contribution in [3.8, 4) is 5.88 Å². The van der Waals surface area contributed by atoms with Crippen LogP contribution in [0.2, 0.25) is 0 Å². The van der Waals surface area contributed by atoms with Gasteiger partial charge in [0.25, 0.3) is 0 Å². The summed E-state index contributed by atoms with van der Waals surface area (Å²) >= 11 is 0. The molecule has 5 nitrogen and oxygen atoms in total. The fourth-order valence-electron chi connectivity index (χ4n) is 1.60. The van der Waals surface area contributed by atoms with Crippen LogP contribution in [0.1, 0.15) is 10.5 Å². The van der Waals surface area contributed by atoms with Gasteiger partial charge in [-0.05, 0) is 26.2 Å². The van der Waals surface area contributed by atoms with Gasteiger partial charge >= 0.3 is 0 Å². The minimum atomic E-state index is -0.210. The maximum atomic E-state index is 11.9. The maximum Gasteiger partial charge on any atom is 0.241 e. The van der Waals surface area contributed by atoms with Crippen LogP contribution in [0.4, 0.5) is 0 Å². The summed E-state index contributed by atoms with van der Waals surface area (Å²) in [6.07, 6.45) is 1.71. The van der Waals surface area contributed by atoms with Crippen molar-refractivity contribution in [2.45, 2.75) is 0 Å². The Hall–Kier alpha value is -1.88. The summed E-state index contributed by atoms with van der Waals surface area (Å²) in [7, 11) is 3.61. The fourth-order valence-corrected chi connectivity index (χ4v) is 1.60. The van der Waals surface area contributed by atoms with E-state index in [1.165, 1.54) is 0 Å². The van der Waals surface area contributed by atoms with Crippen molar-refractivity contribution in [3.05, 3.63) is 30.1 Å². The zero-order valence-corrected chi connectivity index (χ0v) is 9.21. The van der Waals surface area contributed by atoms with Gasteiger partial charge in [0.15, 0.2) is 11.5 Å². The van der Waals surface area contributed by atoms with Gasteiger partial charge in [0.2, 0.25) is 5.88 Å². The van der Waals surface area contributed by atoms with Gasteiger partial charge in [-0.15, -0.1) is 0 Å². The summed E-state index contributed by atoms with van der Waals surface area (Å²) in [6.45, 7) is 0.246. The van der Waals surface area contributed by atoms with Crippen molar-refractivity contribution in [1.82, 2.24) is 14.3 Å². The molecular weight excluding hydrogens is 206 g/mol. The average Bonchev–Trinajstić information content (AvgIpc) is 2.52. The normalized spacial score (nSPS) is 11.2. The third-order valence-corrected chi connectivity index (χ3v) is 2.24. The Labute approximate surface area is 92.9 Å². The van der Waals surface area contributed by atoms with Crippen LogP contribution >= 0.6 is 0 Å². The molecule has 2 heterocycles. The highest BCUT2D eigenvalue weighted by Crippen LogP contribution is 2.18. The van der Waals surface area contributed by atoms with Crippen LogP contribution in [0.25, 0.3) is 5.65 Å². The monoisotopic (exact) mass is 219 g/mol. The fraction of sp³-hybridized carbons (Fsp3) is 0.273. The molecule has 0 spiro atoms. The number of Topliss-reactive ketones (excluding diaryl/α,β-unsaturated/α-hetero) is 1. The van der Waals surface area contributed by atoms with Gasteiger partial charge in [-0.2, -0.15) is 4.98 Å². The number of nitrogens with zero attached hydrogens (tertiary/aromatic N) is 3. The lowest BCUT2D eigenvalue weighted by atomic mass is 10.3. The van der Waals surface area contributed by atoms with E-state index in [-0.39, 0.29) is 23.9 Å². The average molecular weight is 219 g/mol. The maximum absolute atomic E-state index is 11.9. The zero-order chi connectivity index (χ0) is 11.7. The number of hydrogen-bond acceptors (Lipinski definition) is 4. The van der Waals surface area contributed by atoms with Crippen LogP contribution in [-0.4, -0.2) is 45.8 Å². The topological polar surface area (TPSA) is 57.8 Å². The summed E-state index contributed by atoms with van der Waals surface area (Å²) < 4.78 is 1.60. The first-order valence-electron chi connectivity index (χ1n) is 4.93. The van der Waals surface area contributed by atoms with Crippen LogP contribution in [0.3, 0.4) is 0 Å². The van der Waals surface area contributed by atoms with Gasteiger partial charge < -0.3 is 10.0 Å². The Morgan fingerprint density at radius 2 is 2.25 bits per heavy atom. The molecule has 2 aromatic rings. The third kappa shape index (κ3) is 1.77. The molecule has 2 aromatic heterocycles. The molecule has 1 N–H and O–H groups in total. The molecular formula is C11H13N3O2. The van der Waals surface area contributed by atoms with E-state index in [9.17, 15) is 9.90 Å². The van der Waals surface area contributed by atoms with Crippen molar-refractivity contribution in [3.63, 3.8) is 0 Å². The summed E-state index contributed by atoms with van der Waals surface area (Å²) in [5.41, 5.74) is 0.811. The van der Waals surface area contributed by atoms with Crippen molar-refractivity contribution in [2.75, 3.05) is 20.6 Å². The lowest BCUT2D eigenvalue weighted by Crippen LogP contribution is -2.22. The Morgan fingerprint density at radius 3 is 2.94 bits per heavy atom. The summed E-state index contributed by atoms with van der Waals surface area (Å²) in [4.78, 5) is 17.6. The highest BCUT2D eigenvalue weighted by atomic mass is 16.3. The number of hydrogen-bond donors (Lipinski definition) is 1. The van der Waals surface area contributed by atoms with Crippen LogP contribution < -0.4 is 0 Å². The molecule has 0 radical (unpaired) electrons.